The molecule has 1 unspecified atom stereocenters. The van der Waals surface area contributed by atoms with Crippen LogP contribution in [0, 0.1) is 0 Å². The van der Waals surface area contributed by atoms with Gasteiger partial charge in [-0.25, -0.2) is 14.6 Å². The van der Waals surface area contributed by atoms with Gasteiger partial charge >= 0.3 is 20.0 Å². The van der Waals surface area contributed by atoms with E-state index in [0.717, 1.165) is 37.6 Å². The molecule has 0 saturated carbocycles. The molecule has 0 aliphatic carbocycles. The number of unbranched alkanes of at least 4 members (excludes halogenated alkanes) is 2. The molecular weight excluding hydrogens is 575 g/mol. The van der Waals surface area contributed by atoms with Crippen LogP contribution in [-0.2, 0) is 44.6 Å². The zero-order chi connectivity index (χ0) is 32.7. The molecule has 0 aliphatic heterocycles. The molecule has 6 N–H and O–H groups in total. The number of carbonyl (C=O) groups excluding carboxylic acids is 5. The summed E-state index contributed by atoms with van der Waals surface area (Å²) in [5.74, 6) is -3.46. The quantitative estimate of drug-likeness (QED) is 0.0320. The number of aliphatic imine (C=N–C) groups is 1. The van der Waals surface area contributed by atoms with E-state index in [1.54, 1.807) is 31.2 Å². The molecule has 44 heavy (non-hydrogen) atoms. The molecule has 5 amide bonds. The van der Waals surface area contributed by atoms with E-state index in [-0.39, 0.29) is 13.2 Å². The van der Waals surface area contributed by atoms with Crippen molar-refractivity contribution in [2.24, 2.45) is 10.7 Å². The van der Waals surface area contributed by atoms with E-state index < -0.39 is 60.4 Å². The van der Waals surface area contributed by atoms with E-state index >= 15 is 0 Å². The van der Waals surface area contributed by atoms with E-state index in [0.29, 0.717) is 13.2 Å². The molecule has 0 fully saturated rings. The number of nitrogens with zero attached hydrogens (tertiary/aromatic N) is 1. The number of hydrazine groups is 1. The van der Waals surface area contributed by atoms with E-state index in [9.17, 15) is 24.0 Å². The van der Waals surface area contributed by atoms with E-state index in [1.807, 2.05) is 19.9 Å². The van der Waals surface area contributed by atoms with Crippen molar-refractivity contribution in [1.29, 1.82) is 0 Å². The minimum Gasteiger partial charge on any atom is -0.560 e. The van der Waals surface area contributed by atoms with Crippen LogP contribution in [0.15, 0.2) is 35.3 Å². The largest absolute Gasteiger partial charge is 0.560 e. The van der Waals surface area contributed by atoms with Crippen LogP contribution in [0.3, 0.4) is 0 Å². The third-order valence-electron chi connectivity index (χ3n) is 5.97. The lowest BCUT2D eigenvalue weighted by atomic mass is 10.1. The molecule has 0 spiro atoms. The first-order chi connectivity index (χ1) is 21.1. The number of primary amides is 1. The molecule has 1 aromatic rings. The van der Waals surface area contributed by atoms with Gasteiger partial charge in [0, 0.05) is 13.2 Å². The first kappa shape index (κ1) is 37.9. The topological polar surface area (TPSA) is 209 Å². The Morgan fingerprint density at radius 3 is 2.27 bits per heavy atom. The van der Waals surface area contributed by atoms with Crippen LogP contribution in [0.4, 0.5) is 4.79 Å². The van der Waals surface area contributed by atoms with Gasteiger partial charge in [-0.15, -0.1) is 0 Å². The number of ether oxygens (including phenoxy) is 3. The Morgan fingerprint density at radius 2 is 1.64 bits per heavy atom. The highest BCUT2D eigenvalue weighted by Crippen LogP contribution is 2.08. The minimum atomic E-state index is -1.53. The average molecular weight is 618 g/mol. The maximum absolute atomic E-state index is 13.0. The molecule has 0 aromatic heterocycles. The van der Waals surface area contributed by atoms with Crippen molar-refractivity contribution in [3.8, 4) is 0 Å². The molecule has 0 saturated heterocycles. The Morgan fingerprint density at radius 1 is 0.977 bits per heavy atom. The smallest absolute Gasteiger partial charge is 0.375 e. The van der Waals surface area contributed by atoms with Gasteiger partial charge in [-0.2, -0.15) is 0 Å². The average Bonchev–Trinajstić information content (AvgIpc) is 3.00. The molecular formula is C28H43BN6O9. The van der Waals surface area contributed by atoms with Crippen LogP contribution in [0.25, 0.3) is 0 Å². The van der Waals surface area contributed by atoms with Crippen molar-refractivity contribution in [3.63, 3.8) is 0 Å². The molecule has 0 aliphatic rings. The predicted molar refractivity (Wildman–Crippen MR) is 161 cm³/mol. The summed E-state index contributed by atoms with van der Waals surface area (Å²) in [5, 5.41) is 4.74. The maximum Gasteiger partial charge on any atom is 0.375 e. The van der Waals surface area contributed by atoms with Crippen LogP contribution < -0.4 is 27.2 Å². The fourth-order valence-electron chi connectivity index (χ4n) is 3.48. The van der Waals surface area contributed by atoms with Gasteiger partial charge in [0.25, 0.3) is 11.8 Å². The van der Waals surface area contributed by atoms with Crippen LogP contribution in [-0.4, -0.2) is 88.2 Å². The Labute approximate surface area is 258 Å². The van der Waals surface area contributed by atoms with Gasteiger partial charge in [0.1, 0.15) is 12.6 Å². The van der Waals surface area contributed by atoms with Gasteiger partial charge in [0.2, 0.25) is 5.91 Å². The highest BCUT2D eigenvalue weighted by Gasteiger charge is 2.31. The highest BCUT2D eigenvalue weighted by molar-refractivity contribution is 6.02. The fourth-order valence-corrected chi connectivity index (χ4v) is 3.48. The number of amides is 5. The summed E-state index contributed by atoms with van der Waals surface area (Å²) in [6, 6.07) is 4.04. The van der Waals surface area contributed by atoms with Crippen molar-refractivity contribution in [2.75, 3.05) is 19.8 Å². The molecule has 2 radical (unpaired) electrons. The summed E-state index contributed by atoms with van der Waals surface area (Å²) in [5.41, 5.74) is 10.3. The van der Waals surface area contributed by atoms with Gasteiger partial charge in [0.15, 0.2) is 18.5 Å². The number of nitrogens with two attached hydrogens (primary N) is 1. The van der Waals surface area contributed by atoms with Crippen LogP contribution >= 0.6 is 0 Å². The fraction of sp³-hybridized carbons (Fsp3) is 0.571. The number of hydrogen-bond acceptors (Lipinski definition) is 10. The van der Waals surface area contributed by atoms with Gasteiger partial charge in [-0.1, -0.05) is 57.0 Å². The van der Waals surface area contributed by atoms with Crippen molar-refractivity contribution in [2.45, 2.75) is 83.7 Å². The second kappa shape index (κ2) is 22.4. The van der Waals surface area contributed by atoms with Crippen LogP contribution in [0.2, 0.25) is 0 Å². The zero-order valence-electron chi connectivity index (χ0n) is 25.4. The molecule has 0 bridgehead atoms. The number of rotatable bonds is 21. The number of benzene rings is 1. The van der Waals surface area contributed by atoms with Gasteiger partial charge in [0.05, 0.1) is 19.1 Å². The molecule has 4 atom stereocenters. The molecule has 1 rings (SSSR count). The van der Waals surface area contributed by atoms with Gasteiger partial charge < -0.3 is 35.2 Å². The summed E-state index contributed by atoms with van der Waals surface area (Å²) in [6.07, 6.45) is 2.64. The van der Waals surface area contributed by atoms with Crippen molar-refractivity contribution >= 4 is 44.2 Å². The Hall–Kier alpha value is -4.18. The normalized spacial score (nSPS) is 13.6. The third kappa shape index (κ3) is 15.9. The molecule has 15 nitrogen and oxygen atoms in total. The summed E-state index contributed by atoms with van der Waals surface area (Å²) in [6.45, 7) is 6.08. The number of carbonyl (C=O) groups is 5. The van der Waals surface area contributed by atoms with E-state index in [2.05, 4.69) is 31.1 Å². The highest BCUT2D eigenvalue weighted by atomic mass is 16.5. The number of esters is 1. The van der Waals surface area contributed by atoms with Crippen molar-refractivity contribution < 1.29 is 42.8 Å². The third-order valence-corrected chi connectivity index (χ3v) is 5.97. The Kier molecular flexibility index (Phi) is 19.2. The number of nitrogens with one attached hydrogen (secondary N) is 4. The molecule has 242 valence electrons. The lowest BCUT2D eigenvalue weighted by molar-refractivity contribution is -0.151. The number of hydrogen-bond donors (Lipinski definition) is 5. The Balaban J connectivity index is 2.90. The first-order valence-corrected chi connectivity index (χ1v) is 14.3. The van der Waals surface area contributed by atoms with E-state index in [1.165, 1.54) is 0 Å². The van der Waals surface area contributed by atoms with Gasteiger partial charge in [-0.3, -0.25) is 25.2 Å². The first-order valence-electron chi connectivity index (χ1n) is 14.3. The summed E-state index contributed by atoms with van der Waals surface area (Å²) < 4.78 is 20.8. The van der Waals surface area contributed by atoms with Crippen LogP contribution in [0.5, 0.6) is 0 Å². The second-order valence-corrected chi connectivity index (χ2v) is 9.65. The van der Waals surface area contributed by atoms with Crippen LogP contribution in [0.1, 0.15) is 58.4 Å². The summed E-state index contributed by atoms with van der Waals surface area (Å²) >= 11 is 0. The Bertz CT molecular complexity index is 1060. The molecule has 16 heteroatoms. The number of urea groups is 1. The predicted octanol–water partition coefficient (Wildman–Crippen LogP) is 0.308. The maximum atomic E-state index is 13.0. The lowest BCUT2D eigenvalue weighted by Gasteiger charge is -2.25. The standard InChI is InChI=1S/C28H43BN6O9/c1-4-6-13-41-17-22(31-18-44-29)26(38)35-34-25(37)21(15-23(30)36)32-28(40)33-24(19(3)42-14-7-5-2)27(39)43-16-20-11-9-8-10-12-20/h8-12,18-19,21-22,24H,4-7,13-17H2,1-3H3,(H2,30,36)(H,34,37)(H,35,38)(H2,32,33,40)/t19?,21-,22-,24-/m0/s1. The van der Waals surface area contributed by atoms with E-state index in [4.69, 9.17) is 28.0 Å². The minimum absolute atomic E-state index is 0.0420. The molecule has 1 aromatic carbocycles. The molecule has 0 heterocycles. The van der Waals surface area contributed by atoms with Crippen molar-refractivity contribution in [3.05, 3.63) is 35.9 Å². The monoisotopic (exact) mass is 618 g/mol. The SMILES string of the molecule is [B]OC=N[C@@H](COCCCC)C(=O)NNC(=O)[C@H](CC(N)=O)NC(=O)N[C@H](C(=O)OCc1ccccc1)C(C)OCCCC. The lowest BCUT2D eigenvalue weighted by Crippen LogP contribution is -2.59. The summed E-state index contributed by atoms with van der Waals surface area (Å²) in [4.78, 5) is 66.8. The zero-order valence-corrected chi connectivity index (χ0v) is 25.4. The van der Waals surface area contributed by atoms with Gasteiger partial charge in [-0.05, 0) is 25.3 Å². The van der Waals surface area contributed by atoms with Crippen molar-refractivity contribution in [1.82, 2.24) is 21.5 Å². The summed E-state index contributed by atoms with van der Waals surface area (Å²) in [7, 11) is 4.94. The second-order valence-electron chi connectivity index (χ2n) is 9.65.